The van der Waals surface area contributed by atoms with Crippen molar-refractivity contribution in [3.8, 4) is 11.5 Å². The number of nitrogens with one attached hydrogen (secondary N) is 1. The molecule has 5 rings (SSSR count). The van der Waals surface area contributed by atoms with Crippen LogP contribution < -0.4 is 19.9 Å². The Hall–Kier alpha value is -3.57. The third-order valence-corrected chi connectivity index (χ3v) is 7.50. The summed E-state index contributed by atoms with van der Waals surface area (Å²) in [6.07, 6.45) is 5.97. The highest BCUT2D eigenvalue weighted by atomic mass is 32.2. The van der Waals surface area contributed by atoms with Crippen LogP contribution >= 0.6 is 0 Å². The molecule has 35 heavy (non-hydrogen) atoms. The van der Waals surface area contributed by atoms with Crippen molar-refractivity contribution in [2.75, 3.05) is 18.4 Å². The molecule has 0 saturated carbocycles. The van der Waals surface area contributed by atoms with Crippen molar-refractivity contribution in [3.63, 3.8) is 0 Å². The molecule has 0 unspecified atom stereocenters. The molecule has 1 aliphatic heterocycles. The van der Waals surface area contributed by atoms with Crippen LogP contribution in [0, 0.1) is 0 Å². The molecule has 0 amide bonds. The first-order chi connectivity index (χ1) is 16.9. The minimum atomic E-state index is -4.01. The molecular formula is C24H27N5O5S. The highest BCUT2D eigenvalue weighted by Gasteiger charge is 2.28. The number of sulfonamides is 1. The highest BCUT2D eigenvalue weighted by Crippen LogP contribution is 2.41. The van der Waals surface area contributed by atoms with Crippen LogP contribution in [0.25, 0.3) is 11.0 Å². The summed E-state index contributed by atoms with van der Waals surface area (Å²) in [6.45, 7) is 3.40. The van der Waals surface area contributed by atoms with Crippen molar-refractivity contribution in [2.24, 2.45) is 5.73 Å². The number of hydrogen-bond donors (Lipinski definition) is 2. The summed E-state index contributed by atoms with van der Waals surface area (Å²) in [5, 5.41) is 8.93. The van der Waals surface area contributed by atoms with E-state index in [9.17, 15) is 8.42 Å². The monoisotopic (exact) mass is 497 g/mol. The van der Waals surface area contributed by atoms with Crippen molar-refractivity contribution >= 4 is 26.8 Å². The van der Waals surface area contributed by atoms with Crippen molar-refractivity contribution < 1.29 is 22.4 Å². The summed E-state index contributed by atoms with van der Waals surface area (Å²) in [4.78, 5) is 0.0382. The van der Waals surface area contributed by atoms with E-state index < -0.39 is 10.0 Å². The van der Waals surface area contributed by atoms with Crippen LogP contribution in [0.3, 0.4) is 0 Å². The second-order valence-electron chi connectivity index (χ2n) is 8.39. The van der Waals surface area contributed by atoms with Crippen molar-refractivity contribution in [2.45, 2.75) is 44.2 Å². The standard InChI is InChI=1S/C24H27N5O5S/c1-3-15-6-7-19(32-2)21(9-15)35(30,31)28-24-22-20(34-27-24)10-17(18-5-4-8-33-23(18)22)14-29-13-16(11-25)12-26-29/h6-7,9-10,12-13H,3-5,8,11,14,25H2,1-2H3,(H,27,28). The molecule has 0 saturated heterocycles. The van der Waals surface area contributed by atoms with Crippen LogP contribution in [-0.4, -0.2) is 37.1 Å². The number of methoxy groups -OCH3 is 1. The van der Waals surface area contributed by atoms with E-state index in [4.69, 9.17) is 19.7 Å². The smallest absolute Gasteiger partial charge is 0.266 e. The first-order valence-corrected chi connectivity index (χ1v) is 12.9. The summed E-state index contributed by atoms with van der Waals surface area (Å²) in [5.41, 5.74) is 9.92. The Kier molecular flexibility index (Phi) is 6.12. The molecule has 3 N–H and O–H groups in total. The number of fused-ring (bicyclic) bond motifs is 3. The molecular weight excluding hydrogens is 470 g/mol. The molecule has 0 spiro atoms. The fraction of sp³-hybridized carbons (Fsp3) is 0.333. The molecule has 2 aromatic heterocycles. The zero-order chi connectivity index (χ0) is 24.6. The second-order valence-corrected chi connectivity index (χ2v) is 10.0. The molecule has 184 valence electrons. The largest absolute Gasteiger partial charge is 0.495 e. The maximum Gasteiger partial charge on any atom is 0.266 e. The molecule has 0 aliphatic carbocycles. The Balaban J connectivity index is 1.56. The van der Waals surface area contributed by atoms with Gasteiger partial charge in [0.2, 0.25) is 0 Å². The Labute approximate surface area is 203 Å². The highest BCUT2D eigenvalue weighted by molar-refractivity contribution is 7.92. The maximum atomic E-state index is 13.4. The van der Waals surface area contributed by atoms with Gasteiger partial charge in [-0.15, -0.1) is 0 Å². The van der Waals surface area contributed by atoms with E-state index in [0.29, 0.717) is 42.8 Å². The van der Waals surface area contributed by atoms with E-state index >= 15 is 0 Å². The average molecular weight is 498 g/mol. The summed E-state index contributed by atoms with van der Waals surface area (Å²) in [6, 6.07) is 6.96. The van der Waals surface area contributed by atoms with Gasteiger partial charge in [0.15, 0.2) is 11.4 Å². The van der Waals surface area contributed by atoms with Gasteiger partial charge in [-0.05, 0) is 48.6 Å². The van der Waals surface area contributed by atoms with E-state index in [1.807, 2.05) is 29.9 Å². The predicted octanol–water partition coefficient (Wildman–Crippen LogP) is 3.23. The van der Waals surface area contributed by atoms with Gasteiger partial charge >= 0.3 is 0 Å². The summed E-state index contributed by atoms with van der Waals surface area (Å²) < 4.78 is 48.0. The van der Waals surface area contributed by atoms with Gasteiger partial charge in [-0.25, -0.2) is 8.42 Å². The number of anilines is 1. The van der Waals surface area contributed by atoms with Gasteiger partial charge in [-0.1, -0.05) is 18.1 Å². The lowest BCUT2D eigenvalue weighted by Crippen LogP contribution is -2.16. The van der Waals surface area contributed by atoms with Gasteiger partial charge in [0, 0.05) is 23.9 Å². The Bertz CT molecular complexity index is 1490. The van der Waals surface area contributed by atoms with Crippen molar-refractivity contribution in [1.82, 2.24) is 14.9 Å². The Morgan fingerprint density at radius 3 is 2.86 bits per heavy atom. The van der Waals surface area contributed by atoms with E-state index in [1.165, 1.54) is 7.11 Å². The topological polar surface area (TPSA) is 134 Å². The lowest BCUT2D eigenvalue weighted by Gasteiger charge is -2.21. The minimum absolute atomic E-state index is 0.0382. The second kappa shape index (κ2) is 9.23. The fourth-order valence-corrected chi connectivity index (χ4v) is 5.56. The summed E-state index contributed by atoms with van der Waals surface area (Å²) >= 11 is 0. The van der Waals surface area contributed by atoms with Crippen LogP contribution in [0.5, 0.6) is 11.5 Å². The molecule has 0 radical (unpaired) electrons. The van der Waals surface area contributed by atoms with Gasteiger partial charge in [0.25, 0.3) is 10.0 Å². The van der Waals surface area contributed by atoms with Crippen LogP contribution in [0.4, 0.5) is 5.82 Å². The number of ether oxygens (including phenoxy) is 2. The third kappa shape index (κ3) is 4.32. The maximum absolute atomic E-state index is 13.4. The van der Waals surface area contributed by atoms with Crippen LogP contribution in [0.1, 0.15) is 35.6 Å². The van der Waals surface area contributed by atoms with Gasteiger partial charge in [-0.3, -0.25) is 9.40 Å². The quantitative estimate of drug-likeness (QED) is 0.379. The van der Waals surface area contributed by atoms with E-state index in [0.717, 1.165) is 35.1 Å². The van der Waals surface area contributed by atoms with Crippen molar-refractivity contribution in [3.05, 3.63) is 58.9 Å². The van der Waals surface area contributed by atoms with Crippen LogP contribution in [0.2, 0.25) is 0 Å². The Morgan fingerprint density at radius 1 is 1.26 bits per heavy atom. The first kappa shape index (κ1) is 23.2. The number of aromatic nitrogens is 3. The average Bonchev–Trinajstić information content (AvgIpc) is 3.50. The number of nitrogens with two attached hydrogens (primary N) is 1. The summed E-state index contributed by atoms with van der Waals surface area (Å²) in [7, 11) is -2.58. The van der Waals surface area contributed by atoms with E-state index in [-0.39, 0.29) is 16.5 Å². The Morgan fingerprint density at radius 2 is 2.11 bits per heavy atom. The molecule has 0 fully saturated rings. The normalized spacial score (nSPS) is 13.5. The molecule has 0 bridgehead atoms. The predicted molar refractivity (Wildman–Crippen MR) is 130 cm³/mol. The molecule has 4 aromatic rings. The molecule has 2 aromatic carbocycles. The molecule has 1 aliphatic rings. The lowest BCUT2D eigenvalue weighted by molar-refractivity contribution is 0.291. The van der Waals surface area contributed by atoms with Gasteiger partial charge in [0.05, 0.1) is 26.5 Å². The number of nitrogens with zero attached hydrogens (tertiary/aromatic N) is 3. The van der Waals surface area contributed by atoms with Crippen molar-refractivity contribution in [1.29, 1.82) is 0 Å². The molecule has 11 heteroatoms. The van der Waals surface area contributed by atoms with Gasteiger partial charge in [-0.2, -0.15) is 5.10 Å². The number of rotatable bonds is 8. The molecule has 10 nitrogen and oxygen atoms in total. The first-order valence-electron chi connectivity index (χ1n) is 11.4. The molecule has 3 heterocycles. The van der Waals surface area contributed by atoms with Crippen LogP contribution in [-0.2, 0) is 36.0 Å². The number of hydrogen-bond acceptors (Lipinski definition) is 8. The number of aryl methyl sites for hydroxylation is 1. The zero-order valence-corrected chi connectivity index (χ0v) is 20.4. The van der Waals surface area contributed by atoms with E-state index in [2.05, 4.69) is 15.0 Å². The number of benzene rings is 2. The summed E-state index contributed by atoms with van der Waals surface area (Å²) in [5.74, 6) is 0.917. The van der Waals surface area contributed by atoms with Gasteiger partial charge in [0.1, 0.15) is 21.8 Å². The van der Waals surface area contributed by atoms with Crippen LogP contribution in [0.15, 0.2) is 46.1 Å². The minimum Gasteiger partial charge on any atom is -0.495 e. The third-order valence-electron chi connectivity index (χ3n) is 6.14. The van der Waals surface area contributed by atoms with E-state index in [1.54, 1.807) is 18.3 Å². The zero-order valence-electron chi connectivity index (χ0n) is 19.6. The SMILES string of the molecule is CCc1ccc(OC)c(S(=O)(=O)Nc2noc3cc(Cn4cc(CN)cn4)c4c(c23)OCCC4)c1. The van der Waals surface area contributed by atoms with Gasteiger partial charge < -0.3 is 19.7 Å². The fourth-order valence-electron chi connectivity index (χ4n) is 4.34. The lowest BCUT2D eigenvalue weighted by atomic mass is 9.97. The molecule has 0 atom stereocenters.